The molecule has 3 rings (SSSR count). The molecule has 7 nitrogen and oxygen atoms in total. The van der Waals surface area contributed by atoms with Crippen molar-refractivity contribution >= 4 is 5.82 Å². The summed E-state index contributed by atoms with van der Waals surface area (Å²) in [4.78, 5) is 8.29. The SMILES string of the molecule is COCCn1ncc2c1C(Nc1nccnc1C#N)CCC2. The second-order valence-electron chi connectivity index (χ2n) is 5.23. The van der Waals surface area contributed by atoms with Gasteiger partial charge in [-0.05, 0) is 24.8 Å². The first kappa shape index (κ1) is 14.5. The van der Waals surface area contributed by atoms with Gasteiger partial charge in [-0.25, -0.2) is 9.97 Å². The first-order chi connectivity index (χ1) is 10.8. The predicted octanol–water partition coefficient (Wildman–Crippen LogP) is 1.68. The lowest BCUT2D eigenvalue weighted by atomic mass is 9.93. The molecule has 0 radical (unpaired) electrons. The van der Waals surface area contributed by atoms with Crippen molar-refractivity contribution in [3.8, 4) is 6.07 Å². The quantitative estimate of drug-likeness (QED) is 0.903. The van der Waals surface area contributed by atoms with Gasteiger partial charge >= 0.3 is 0 Å². The minimum atomic E-state index is 0.0897. The van der Waals surface area contributed by atoms with Crippen LogP contribution in [-0.2, 0) is 17.7 Å². The van der Waals surface area contributed by atoms with Gasteiger partial charge in [0.2, 0.25) is 0 Å². The van der Waals surface area contributed by atoms with Crippen LogP contribution in [0.1, 0.15) is 35.8 Å². The average molecular weight is 298 g/mol. The maximum absolute atomic E-state index is 9.15. The summed E-state index contributed by atoms with van der Waals surface area (Å²) < 4.78 is 7.13. The summed E-state index contributed by atoms with van der Waals surface area (Å²) in [6.07, 6.45) is 8.15. The van der Waals surface area contributed by atoms with Gasteiger partial charge in [0, 0.05) is 19.5 Å². The molecule has 1 aliphatic rings. The molecule has 0 saturated carbocycles. The fourth-order valence-electron chi connectivity index (χ4n) is 2.85. The lowest BCUT2D eigenvalue weighted by Gasteiger charge is -2.26. The van der Waals surface area contributed by atoms with Gasteiger partial charge in [-0.15, -0.1) is 0 Å². The fourth-order valence-corrected chi connectivity index (χ4v) is 2.85. The summed E-state index contributed by atoms with van der Waals surface area (Å²) >= 11 is 0. The zero-order chi connectivity index (χ0) is 15.4. The molecule has 1 atom stereocenters. The van der Waals surface area contributed by atoms with Crippen LogP contribution in [0.15, 0.2) is 18.6 Å². The van der Waals surface area contributed by atoms with E-state index in [1.165, 1.54) is 11.8 Å². The van der Waals surface area contributed by atoms with E-state index >= 15 is 0 Å². The second-order valence-corrected chi connectivity index (χ2v) is 5.23. The summed E-state index contributed by atoms with van der Waals surface area (Å²) in [5, 5.41) is 17.0. The van der Waals surface area contributed by atoms with E-state index in [0.29, 0.717) is 18.1 Å². The number of fused-ring (bicyclic) bond motifs is 1. The van der Waals surface area contributed by atoms with E-state index in [-0.39, 0.29) is 6.04 Å². The summed E-state index contributed by atoms with van der Waals surface area (Å²) in [7, 11) is 1.68. The zero-order valence-electron chi connectivity index (χ0n) is 12.5. The highest BCUT2D eigenvalue weighted by atomic mass is 16.5. The summed E-state index contributed by atoms with van der Waals surface area (Å²) in [6.45, 7) is 1.34. The number of aromatic nitrogens is 4. The normalized spacial score (nSPS) is 16.8. The number of ether oxygens (including phenoxy) is 1. The van der Waals surface area contributed by atoms with E-state index in [4.69, 9.17) is 10.00 Å². The van der Waals surface area contributed by atoms with Crippen LogP contribution in [0, 0.1) is 11.3 Å². The lowest BCUT2D eigenvalue weighted by molar-refractivity contribution is 0.182. The van der Waals surface area contributed by atoms with Gasteiger partial charge in [0.05, 0.1) is 31.1 Å². The number of nitrogens with zero attached hydrogens (tertiary/aromatic N) is 5. The van der Waals surface area contributed by atoms with Crippen LogP contribution in [0.3, 0.4) is 0 Å². The Hall–Kier alpha value is -2.46. The summed E-state index contributed by atoms with van der Waals surface area (Å²) in [5.41, 5.74) is 2.73. The number of aryl methyl sites for hydroxylation is 1. The van der Waals surface area contributed by atoms with E-state index in [1.807, 2.05) is 10.9 Å². The van der Waals surface area contributed by atoms with Crippen LogP contribution < -0.4 is 5.32 Å². The van der Waals surface area contributed by atoms with E-state index in [9.17, 15) is 0 Å². The molecule has 7 heteroatoms. The number of anilines is 1. The van der Waals surface area contributed by atoms with E-state index in [2.05, 4.69) is 26.5 Å². The summed E-state index contributed by atoms with van der Waals surface area (Å²) in [6, 6.07) is 2.16. The fraction of sp³-hybridized carbons (Fsp3) is 0.467. The van der Waals surface area contributed by atoms with Crippen molar-refractivity contribution in [2.75, 3.05) is 19.0 Å². The Kier molecular flexibility index (Phi) is 4.30. The minimum Gasteiger partial charge on any atom is -0.383 e. The molecular formula is C15H18N6O. The molecule has 0 aromatic carbocycles. The Morgan fingerprint density at radius 1 is 1.45 bits per heavy atom. The molecule has 2 heterocycles. The molecule has 2 aromatic rings. The molecule has 0 saturated heterocycles. The highest BCUT2D eigenvalue weighted by molar-refractivity contribution is 5.49. The number of hydrogen-bond acceptors (Lipinski definition) is 6. The number of methoxy groups -OCH3 is 1. The molecule has 0 amide bonds. The van der Waals surface area contributed by atoms with Crippen LogP contribution in [0.4, 0.5) is 5.82 Å². The zero-order valence-corrected chi connectivity index (χ0v) is 12.5. The maximum Gasteiger partial charge on any atom is 0.182 e. The number of rotatable bonds is 5. The van der Waals surface area contributed by atoms with Crippen molar-refractivity contribution in [1.29, 1.82) is 5.26 Å². The molecule has 2 aromatic heterocycles. The third-order valence-electron chi connectivity index (χ3n) is 3.85. The lowest BCUT2D eigenvalue weighted by Crippen LogP contribution is -2.23. The van der Waals surface area contributed by atoms with Gasteiger partial charge in [0.15, 0.2) is 11.5 Å². The molecule has 0 spiro atoms. The molecule has 114 valence electrons. The molecule has 0 aliphatic heterocycles. The highest BCUT2D eigenvalue weighted by Gasteiger charge is 2.26. The van der Waals surface area contributed by atoms with Crippen molar-refractivity contribution in [3.05, 3.63) is 35.5 Å². The average Bonchev–Trinajstić information content (AvgIpc) is 2.97. The Morgan fingerprint density at radius 3 is 3.14 bits per heavy atom. The van der Waals surface area contributed by atoms with Crippen molar-refractivity contribution in [2.24, 2.45) is 0 Å². The van der Waals surface area contributed by atoms with Crippen LogP contribution in [0.2, 0.25) is 0 Å². The monoisotopic (exact) mass is 298 g/mol. The third kappa shape index (κ3) is 2.78. The number of nitrogens with one attached hydrogen (secondary N) is 1. The second kappa shape index (κ2) is 6.54. The van der Waals surface area contributed by atoms with Crippen molar-refractivity contribution in [3.63, 3.8) is 0 Å². The first-order valence-electron chi connectivity index (χ1n) is 7.34. The Bertz CT molecular complexity index is 690. The van der Waals surface area contributed by atoms with Crippen LogP contribution in [0.5, 0.6) is 0 Å². The largest absolute Gasteiger partial charge is 0.383 e. The van der Waals surface area contributed by atoms with Crippen molar-refractivity contribution in [1.82, 2.24) is 19.7 Å². The Labute approximate surface area is 129 Å². The van der Waals surface area contributed by atoms with Gasteiger partial charge in [-0.3, -0.25) is 4.68 Å². The van der Waals surface area contributed by atoms with Gasteiger partial charge in [-0.1, -0.05) is 0 Å². The Morgan fingerprint density at radius 2 is 2.32 bits per heavy atom. The van der Waals surface area contributed by atoms with Gasteiger partial charge in [0.1, 0.15) is 6.07 Å². The maximum atomic E-state index is 9.15. The molecule has 0 bridgehead atoms. The molecule has 0 fully saturated rings. The van der Waals surface area contributed by atoms with Crippen LogP contribution >= 0.6 is 0 Å². The first-order valence-corrected chi connectivity index (χ1v) is 7.34. The van der Waals surface area contributed by atoms with Gasteiger partial charge < -0.3 is 10.1 Å². The topological polar surface area (TPSA) is 88.7 Å². The number of hydrogen-bond donors (Lipinski definition) is 1. The van der Waals surface area contributed by atoms with Crippen LogP contribution in [0.25, 0.3) is 0 Å². The smallest absolute Gasteiger partial charge is 0.182 e. The van der Waals surface area contributed by atoms with Crippen molar-refractivity contribution < 1.29 is 4.74 Å². The van der Waals surface area contributed by atoms with Gasteiger partial charge in [0.25, 0.3) is 0 Å². The van der Waals surface area contributed by atoms with Gasteiger partial charge in [-0.2, -0.15) is 10.4 Å². The standard InChI is InChI=1S/C15H18N6O/c1-22-8-7-21-14-11(10-19-21)3-2-4-12(14)20-15-13(9-16)17-5-6-18-15/h5-6,10,12H,2-4,7-8H2,1H3,(H,18,20). The molecular weight excluding hydrogens is 280 g/mol. The molecule has 1 unspecified atom stereocenters. The van der Waals surface area contributed by atoms with Crippen LogP contribution in [-0.4, -0.2) is 33.5 Å². The molecule has 1 aliphatic carbocycles. The Balaban J connectivity index is 1.88. The third-order valence-corrected chi connectivity index (χ3v) is 3.85. The van der Waals surface area contributed by atoms with E-state index in [1.54, 1.807) is 13.3 Å². The highest BCUT2D eigenvalue weighted by Crippen LogP contribution is 2.32. The molecule has 1 N–H and O–H groups in total. The number of nitriles is 1. The summed E-state index contributed by atoms with van der Waals surface area (Å²) in [5.74, 6) is 0.530. The van der Waals surface area contributed by atoms with E-state index < -0.39 is 0 Å². The minimum absolute atomic E-state index is 0.0897. The van der Waals surface area contributed by atoms with E-state index in [0.717, 1.165) is 31.5 Å². The predicted molar refractivity (Wildman–Crippen MR) is 80.2 cm³/mol. The molecule has 22 heavy (non-hydrogen) atoms. The van der Waals surface area contributed by atoms with Crippen molar-refractivity contribution in [2.45, 2.75) is 31.8 Å².